The minimum atomic E-state index is -0.0741. The summed E-state index contributed by atoms with van der Waals surface area (Å²) in [6, 6.07) is 10.6. The van der Waals surface area contributed by atoms with Crippen LogP contribution in [0.2, 0.25) is 0 Å². The highest BCUT2D eigenvalue weighted by Crippen LogP contribution is 2.53. The Labute approximate surface area is 154 Å². The largest absolute Gasteiger partial charge is 0.331 e. The molecule has 1 saturated carbocycles. The number of likely N-dealkylation sites (tertiary alicyclic amines) is 1. The van der Waals surface area contributed by atoms with Gasteiger partial charge in [-0.05, 0) is 30.6 Å². The van der Waals surface area contributed by atoms with Gasteiger partial charge in [-0.2, -0.15) is 5.10 Å². The predicted molar refractivity (Wildman–Crippen MR) is 99.8 cm³/mol. The van der Waals surface area contributed by atoms with E-state index in [-0.39, 0.29) is 11.4 Å². The smallest absolute Gasteiger partial charge is 0.233 e. The summed E-state index contributed by atoms with van der Waals surface area (Å²) in [4.78, 5) is 15.0. The number of aromatic amines is 1. The van der Waals surface area contributed by atoms with Crippen molar-refractivity contribution in [1.29, 1.82) is 0 Å². The summed E-state index contributed by atoms with van der Waals surface area (Å²) in [5.41, 5.74) is 1.23. The lowest BCUT2D eigenvalue weighted by molar-refractivity contribution is -0.163. The molecule has 1 N–H and O–H groups in total. The van der Waals surface area contributed by atoms with Crippen molar-refractivity contribution in [3.05, 3.63) is 39.8 Å². The van der Waals surface area contributed by atoms with E-state index in [1.165, 1.54) is 47.9 Å². The van der Waals surface area contributed by atoms with Crippen LogP contribution in [-0.2, 0) is 10.3 Å². The summed E-state index contributed by atoms with van der Waals surface area (Å²) in [5.74, 6) is 1.25. The van der Waals surface area contributed by atoms with Crippen LogP contribution in [0.3, 0.4) is 0 Å². The average molecular weight is 378 g/mol. The van der Waals surface area contributed by atoms with Gasteiger partial charge in [-0.3, -0.25) is 9.89 Å². The van der Waals surface area contributed by atoms with Gasteiger partial charge in [0.25, 0.3) is 0 Å². The maximum Gasteiger partial charge on any atom is 0.233 e. The Kier molecular flexibility index (Phi) is 4.49. The molecule has 0 bridgehead atoms. The molecule has 0 unspecified atom stereocenters. The number of carbonyl (C=O) groups excluding carboxylic acids is 1. The van der Waals surface area contributed by atoms with Crippen LogP contribution >= 0.6 is 35.3 Å². The fraction of sp³-hybridized carbons (Fsp3) is 0.471. The highest BCUT2D eigenvalue weighted by atomic mass is 32.2. The average Bonchev–Trinajstić information content (AvgIpc) is 3.00. The molecule has 2 heterocycles. The summed E-state index contributed by atoms with van der Waals surface area (Å²) >= 11 is 7.95. The molecule has 126 valence electrons. The van der Waals surface area contributed by atoms with Crippen molar-refractivity contribution in [1.82, 2.24) is 15.1 Å². The van der Waals surface area contributed by atoms with Crippen LogP contribution in [0.1, 0.15) is 31.2 Å². The SMILES string of the molecule is O=C(CSc1n[nH]c(=S)s1)N1C[C@H]2CCCC[C@]21c1ccccc1. The monoisotopic (exact) mass is 377 g/mol. The van der Waals surface area contributed by atoms with Crippen molar-refractivity contribution in [3.8, 4) is 0 Å². The van der Waals surface area contributed by atoms with Crippen LogP contribution in [0.4, 0.5) is 0 Å². The Morgan fingerprint density at radius 2 is 2.25 bits per heavy atom. The zero-order chi connectivity index (χ0) is 16.6. The number of aromatic nitrogens is 2. The molecule has 2 aliphatic rings. The number of fused-ring (bicyclic) bond motifs is 1. The van der Waals surface area contributed by atoms with Gasteiger partial charge < -0.3 is 4.90 Å². The quantitative estimate of drug-likeness (QED) is 0.640. The number of nitrogens with zero attached hydrogens (tertiary/aromatic N) is 2. The lowest BCUT2D eigenvalue weighted by Crippen LogP contribution is -2.67. The summed E-state index contributed by atoms with van der Waals surface area (Å²) in [5, 5.41) is 6.90. The third-order valence-corrected chi connectivity index (χ3v) is 7.45. The van der Waals surface area contributed by atoms with Crippen LogP contribution in [0.5, 0.6) is 0 Å². The molecule has 4 nitrogen and oxygen atoms in total. The first-order chi connectivity index (χ1) is 11.7. The summed E-state index contributed by atoms with van der Waals surface area (Å²) in [6.45, 7) is 0.893. The Hall–Kier alpha value is -1.18. The lowest BCUT2D eigenvalue weighted by Gasteiger charge is -2.61. The van der Waals surface area contributed by atoms with Crippen LogP contribution in [0.25, 0.3) is 0 Å². The normalized spacial score (nSPS) is 25.8. The van der Waals surface area contributed by atoms with Crippen molar-refractivity contribution >= 4 is 41.2 Å². The van der Waals surface area contributed by atoms with Crippen molar-refractivity contribution < 1.29 is 4.79 Å². The van der Waals surface area contributed by atoms with Gasteiger partial charge in [0.1, 0.15) is 0 Å². The topological polar surface area (TPSA) is 49.0 Å². The van der Waals surface area contributed by atoms with Crippen molar-refractivity contribution in [2.45, 2.75) is 35.6 Å². The molecule has 2 aromatic rings. The molecular formula is C17H19N3OS3. The maximum atomic E-state index is 12.9. The lowest BCUT2D eigenvalue weighted by atomic mass is 9.61. The Bertz CT molecular complexity index is 788. The van der Waals surface area contributed by atoms with Crippen molar-refractivity contribution in [2.75, 3.05) is 12.3 Å². The van der Waals surface area contributed by atoms with Crippen LogP contribution in [-0.4, -0.2) is 33.3 Å². The van der Waals surface area contributed by atoms with Gasteiger partial charge >= 0.3 is 0 Å². The Morgan fingerprint density at radius 3 is 2.96 bits per heavy atom. The van der Waals surface area contributed by atoms with Gasteiger partial charge in [0, 0.05) is 12.5 Å². The van der Waals surface area contributed by atoms with E-state index in [0.717, 1.165) is 17.3 Å². The van der Waals surface area contributed by atoms with E-state index in [1.54, 1.807) is 0 Å². The Balaban J connectivity index is 1.53. The first-order valence-electron chi connectivity index (χ1n) is 8.24. The number of hydrogen-bond acceptors (Lipinski definition) is 5. The van der Waals surface area contributed by atoms with Crippen LogP contribution in [0, 0.1) is 9.87 Å². The number of benzene rings is 1. The van der Waals surface area contributed by atoms with Crippen molar-refractivity contribution in [2.24, 2.45) is 5.92 Å². The highest BCUT2D eigenvalue weighted by molar-refractivity contribution is 8.01. The van der Waals surface area contributed by atoms with Gasteiger partial charge in [-0.25, -0.2) is 0 Å². The van der Waals surface area contributed by atoms with Crippen LogP contribution in [0.15, 0.2) is 34.7 Å². The zero-order valence-corrected chi connectivity index (χ0v) is 15.7. The minimum absolute atomic E-state index is 0.0741. The second-order valence-electron chi connectivity index (χ2n) is 6.41. The molecular weight excluding hydrogens is 358 g/mol. The molecule has 4 rings (SSSR count). The molecule has 24 heavy (non-hydrogen) atoms. The number of amides is 1. The number of hydrogen-bond donors (Lipinski definition) is 1. The number of rotatable bonds is 4. The van der Waals surface area contributed by atoms with Crippen LogP contribution < -0.4 is 0 Å². The van der Waals surface area contributed by atoms with E-state index in [1.807, 2.05) is 6.07 Å². The van der Waals surface area contributed by atoms with E-state index < -0.39 is 0 Å². The molecule has 0 spiro atoms. The van der Waals surface area contributed by atoms with E-state index >= 15 is 0 Å². The first-order valence-corrected chi connectivity index (χ1v) is 10.5. The maximum absolute atomic E-state index is 12.9. The summed E-state index contributed by atoms with van der Waals surface area (Å²) in [6.07, 6.45) is 4.79. The number of carbonyl (C=O) groups is 1. The fourth-order valence-electron chi connectivity index (χ4n) is 4.16. The van der Waals surface area contributed by atoms with Gasteiger partial charge in [-0.15, -0.1) is 0 Å². The van der Waals surface area contributed by atoms with Gasteiger partial charge in [0.05, 0.1) is 11.3 Å². The second kappa shape index (κ2) is 6.61. The minimum Gasteiger partial charge on any atom is -0.331 e. The van der Waals surface area contributed by atoms with Crippen molar-refractivity contribution in [3.63, 3.8) is 0 Å². The molecule has 2 fully saturated rings. The second-order valence-corrected chi connectivity index (χ2v) is 9.29. The molecule has 1 aliphatic carbocycles. The fourth-order valence-corrected chi connectivity index (χ4v) is 6.12. The van der Waals surface area contributed by atoms with E-state index in [9.17, 15) is 4.79 Å². The first kappa shape index (κ1) is 16.3. The standard InChI is InChI=1S/C17H19N3OS3/c21-14(11-23-16-19-18-15(22)24-16)20-10-13-8-4-5-9-17(13,20)12-6-2-1-3-7-12/h1-3,6-7,13H,4-5,8-11H2,(H,18,22)/t13-,17+/m1/s1. The molecule has 0 radical (unpaired) electrons. The molecule has 7 heteroatoms. The molecule has 1 aromatic carbocycles. The highest BCUT2D eigenvalue weighted by Gasteiger charge is 2.56. The summed E-state index contributed by atoms with van der Waals surface area (Å²) < 4.78 is 1.49. The van der Waals surface area contributed by atoms with Gasteiger partial charge in [-0.1, -0.05) is 66.3 Å². The van der Waals surface area contributed by atoms with E-state index in [0.29, 0.717) is 15.6 Å². The number of H-pyrrole nitrogens is 1. The zero-order valence-electron chi connectivity index (χ0n) is 13.2. The van der Waals surface area contributed by atoms with Gasteiger partial charge in [0.15, 0.2) is 8.29 Å². The molecule has 1 aliphatic heterocycles. The molecule has 1 saturated heterocycles. The number of nitrogens with one attached hydrogen (secondary N) is 1. The predicted octanol–water partition coefficient (Wildman–Crippen LogP) is 4.22. The third-order valence-electron chi connectivity index (χ3n) is 5.23. The van der Waals surface area contributed by atoms with E-state index in [2.05, 4.69) is 39.4 Å². The molecule has 2 atom stereocenters. The number of thioether (sulfide) groups is 1. The molecule has 1 amide bonds. The van der Waals surface area contributed by atoms with Gasteiger partial charge in [0.2, 0.25) is 5.91 Å². The summed E-state index contributed by atoms with van der Waals surface area (Å²) in [7, 11) is 0. The Morgan fingerprint density at radius 1 is 1.42 bits per heavy atom. The van der Waals surface area contributed by atoms with E-state index in [4.69, 9.17) is 12.2 Å². The molecule has 1 aromatic heterocycles. The third kappa shape index (κ3) is 2.72.